The molecule has 1 aliphatic carbocycles. The molecular weight excluding hydrogens is 248 g/mol. The van der Waals surface area contributed by atoms with Crippen molar-refractivity contribution in [1.29, 1.82) is 5.26 Å². The molecule has 0 saturated heterocycles. The van der Waals surface area contributed by atoms with Gasteiger partial charge in [0.1, 0.15) is 0 Å². The molecule has 0 spiro atoms. The van der Waals surface area contributed by atoms with Crippen LogP contribution < -0.4 is 0 Å². The normalized spacial score (nSPS) is 20.6. The van der Waals surface area contributed by atoms with E-state index in [9.17, 15) is 4.79 Å². The fourth-order valence-corrected chi connectivity index (χ4v) is 2.48. The summed E-state index contributed by atoms with van der Waals surface area (Å²) in [6, 6.07) is 9.61. The third kappa shape index (κ3) is 3.60. The topological polar surface area (TPSA) is 44.1 Å². The molecule has 1 amide bonds. The average molecular weight is 270 g/mol. The molecule has 3 nitrogen and oxygen atoms in total. The molecule has 0 N–H and O–H groups in total. The Kier molecular flexibility index (Phi) is 4.44. The lowest BCUT2D eigenvalue weighted by Crippen LogP contribution is -2.39. The third-order valence-corrected chi connectivity index (χ3v) is 4.09. The first-order valence-electron chi connectivity index (χ1n) is 7.29. The summed E-state index contributed by atoms with van der Waals surface area (Å²) in [5.74, 6) is 1.63. The molecule has 1 fully saturated rings. The highest BCUT2D eigenvalue weighted by atomic mass is 16.2. The van der Waals surface area contributed by atoms with E-state index < -0.39 is 0 Å². The maximum absolute atomic E-state index is 12.4. The van der Waals surface area contributed by atoms with E-state index in [-0.39, 0.29) is 11.9 Å². The molecule has 1 aromatic carbocycles. The minimum absolute atomic E-state index is 0.184. The fourth-order valence-electron chi connectivity index (χ4n) is 2.48. The molecule has 1 saturated carbocycles. The first-order chi connectivity index (χ1) is 9.51. The lowest BCUT2D eigenvalue weighted by Gasteiger charge is -2.27. The second-order valence-electron chi connectivity index (χ2n) is 6.10. The third-order valence-electron chi connectivity index (χ3n) is 4.09. The molecule has 0 heterocycles. The van der Waals surface area contributed by atoms with E-state index >= 15 is 0 Å². The molecule has 0 bridgehead atoms. The van der Waals surface area contributed by atoms with Crippen molar-refractivity contribution in [3.8, 4) is 6.07 Å². The molecule has 1 aliphatic rings. The summed E-state index contributed by atoms with van der Waals surface area (Å²) in [6.45, 7) is 7.27. The highest BCUT2D eigenvalue weighted by molar-refractivity contribution is 5.79. The van der Waals surface area contributed by atoms with Crippen molar-refractivity contribution in [3.05, 3.63) is 35.4 Å². The Morgan fingerprint density at radius 1 is 1.40 bits per heavy atom. The van der Waals surface area contributed by atoms with E-state index in [1.165, 1.54) is 6.42 Å². The van der Waals surface area contributed by atoms with Crippen LogP contribution in [-0.4, -0.2) is 23.4 Å². The summed E-state index contributed by atoms with van der Waals surface area (Å²) < 4.78 is 0. The summed E-state index contributed by atoms with van der Waals surface area (Å²) >= 11 is 0. The van der Waals surface area contributed by atoms with E-state index in [0.717, 1.165) is 18.0 Å². The summed E-state index contributed by atoms with van der Waals surface area (Å²) in [5.41, 5.74) is 1.61. The molecule has 0 aliphatic heterocycles. The van der Waals surface area contributed by atoms with Crippen LogP contribution >= 0.6 is 0 Å². The van der Waals surface area contributed by atoms with Crippen LogP contribution in [0.5, 0.6) is 0 Å². The minimum Gasteiger partial charge on any atom is -0.340 e. The van der Waals surface area contributed by atoms with Crippen LogP contribution in [0.3, 0.4) is 0 Å². The standard InChI is InChI=1S/C17H22N2O/c1-12(2)19(11-16-8-13(16)3)17(20)9-14-4-6-15(10-18)7-5-14/h4-7,12-13,16H,8-9,11H2,1-3H3/t13-,16+/m1/s1. The summed E-state index contributed by atoms with van der Waals surface area (Å²) in [4.78, 5) is 14.4. The second kappa shape index (κ2) is 6.09. The molecule has 0 radical (unpaired) electrons. The van der Waals surface area contributed by atoms with Gasteiger partial charge in [0.15, 0.2) is 0 Å². The van der Waals surface area contributed by atoms with Gasteiger partial charge >= 0.3 is 0 Å². The van der Waals surface area contributed by atoms with Crippen LogP contribution in [0.15, 0.2) is 24.3 Å². The quantitative estimate of drug-likeness (QED) is 0.825. The van der Waals surface area contributed by atoms with Crippen molar-refractivity contribution in [1.82, 2.24) is 4.90 Å². The van der Waals surface area contributed by atoms with Crippen LogP contribution in [0, 0.1) is 23.2 Å². The molecule has 20 heavy (non-hydrogen) atoms. The van der Waals surface area contributed by atoms with Crippen molar-refractivity contribution < 1.29 is 4.79 Å². The summed E-state index contributed by atoms with van der Waals surface area (Å²) in [7, 11) is 0. The van der Waals surface area contributed by atoms with E-state index in [1.54, 1.807) is 12.1 Å². The monoisotopic (exact) mass is 270 g/mol. The molecule has 2 rings (SSSR count). The predicted molar refractivity (Wildman–Crippen MR) is 79.0 cm³/mol. The van der Waals surface area contributed by atoms with Crippen LogP contribution in [-0.2, 0) is 11.2 Å². The number of nitriles is 1. The van der Waals surface area contributed by atoms with Gasteiger partial charge in [0, 0.05) is 12.6 Å². The number of benzene rings is 1. The second-order valence-corrected chi connectivity index (χ2v) is 6.10. The lowest BCUT2D eigenvalue weighted by molar-refractivity contribution is -0.132. The molecule has 106 valence electrons. The molecular formula is C17H22N2O. The Morgan fingerprint density at radius 3 is 2.45 bits per heavy atom. The number of carbonyl (C=O) groups is 1. The number of hydrogen-bond acceptors (Lipinski definition) is 2. The minimum atomic E-state index is 0.184. The Labute approximate surface area is 121 Å². The first-order valence-corrected chi connectivity index (χ1v) is 7.29. The largest absolute Gasteiger partial charge is 0.340 e. The van der Waals surface area contributed by atoms with Gasteiger partial charge in [-0.25, -0.2) is 0 Å². The molecule has 3 heteroatoms. The Hall–Kier alpha value is -1.82. The van der Waals surface area contributed by atoms with Gasteiger partial charge in [-0.1, -0.05) is 19.1 Å². The maximum Gasteiger partial charge on any atom is 0.227 e. The zero-order chi connectivity index (χ0) is 14.7. The number of hydrogen-bond donors (Lipinski definition) is 0. The smallest absolute Gasteiger partial charge is 0.227 e. The summed E-state index contributed by atoms with van der Waals surface area (Å²) in [5, 5.41) is 8.78. The Morgan fingerprint density at radius 2 is 2.00 bits per heavy atom. The molecule has 1 aromatic rings. The Bertz CT molecular complexity index is 513. The van der Waals surface area contributed by atoms with Crippen molar-refractivity contribution >= 4 is 5.91 Å². The van der Waals surface area contributed by atoms with Crippen LogP contribution in [0.2, 0.25) is 0 Å². The van der Waals surface area contributed by atoms with Crippen molar-refractivity contribution in [3.63, 3.8) is 0 Å². The highest BCUT2D eigenvalue weighted by Gasteiger charge is 2.35. The van der Waals surface area contributed by atoms with Crippen molar-refractivity contribution in [2.24, 2.45) is 11.8 Å². The van der Waals surface area contributed by atoms with Crippen molar-refractivity contribution in [2.75, 3.05) is 6.54 Å². The number of rotatable bonds is 5. The zero-order valence-corrected chi connectivity index (χ0v) is 12.5. The van der Waals surface area contributed by atoms with E-state index in [2.05, 4.69) is 26.8 Å². The fraction of sp³-hybridized carbons (Fsp3) is 0.529. The van der Waals surface area contributed by atoms with E-state index in [1.807, 2.05) is 17.0 Å². The van der Waals surface area contributed by atoms with Crippen LogP contribution in [0.25, 0.3) is 0 Å². The molecule has 0 unspecified atom stereocenters. The average Bonchev–Trinajstić information content (AvgIpc) is 3.12. The van der Waals surface area contributed by atoms with Crippen molar-refractivity contribution in [2.45, 2.75) is 39.7 Å². The van der Waals surface area contributed by atoms with Gasteiger partial charge in [-0.2, -0.15) is 5.26 Å². The van der Waals surface area contributed by atoms with Gasteiger partial charge in [0.25, 0.3) is 0 Å². The predicted octanol–water partition coefficient (Wildman–Crippen LogP) is 2.99. The number of carbonyl (C=O) groups excluding carboxylic acids is 1. The van der Waals surface area contributed by atoms with Gasteiger partial charge in [0.05, 0.1) is 18.1 Å². The lowest BCUT2D eigenvalue weighted by atomic mass is 10.1. The van der Waals surface area contributed by atoms with Crippen LogP contribution in [0.1, 0.15) is 38.3 Å². The zero-order valence-electron chi connectivity index (χ0n) is 12.5. The highest BCUT2D eigenvalue weighted by Crippen LogP contribution is 2.38. The SMILES string of the molecule is CC(C)N(C[C@@H]1C[C@H]1C)C(=O)Cc1ccc(C#N)cc1. The van der Waals surface area contributed by atoms with Gasteiger partial charge in [-0.3, -0.25) is 4.79 Å². The van der Waals surface area contributed by atoms with E-state index in [4.69, 9.17) is 5.26 Å². The molecule has 0 aromatic heterocycles. The number of amides is 1. The van der Waals surface area contributed by atoms with Gasteiger partial charge in [0.2, 0.25) is 5.91 Å². The molecule has 2 atom stereocenters. The van der Waals surface area contributed by atoms with E-state index in [0.29, 0.717) is 17.9 Å². The van der Waals surface area contributed by atoms with Gasteiger partial charge in [-0.05, 0) is 49.8 Å². The Balaban J connectivity index is 1.98. The summed E-state index contributed by atoms with van der Waals surface area (Å²) in [6.07, 6.45) is 1.67. The maximum atomic E-state index is 12.4. The van der Waals surface area contributed by atoms with Crippen LogP contribution in [0.4, 0.5) is 0 Å². The van der Waals surface area contributed by atoms with Gasteiger partial charge < -0.3 is 4.90 Å². The van der Waals surface area contributed by atoms with Gasteiger partial charge in [-0.15, -0.1) is 0 Å². The first kappa shape index (κ1) is 14.6. The number of nitrogens with zero attached hydrogens (tertiary/aromatic N) is 2.